The van der Waals surface area contributed by atoms with Crippen molar-refractivity contribution in [2.75, 3.05) is 27.7 Å². The lowest BCUT2D eigenvalue weighted by atomic mass is 10.0. The summed E-state index contributed by atoms with van der Waals surface area (Å²) in [6, 6.07) is 0. The molecule has 5 nitrogen and oxygen atoms in total. The van der Waals surface area contributed by atoms with Crippen molar-refractivity contribution < 1.29 is 23.9 Å². The van der Waals surface area contributed by atoms with Crippen molar-refractivity contribution in [1.82, 2.24) is 0 Å². The number of hydrogen-bond donors (Lipinski definition) is 3. The van der Waals surface area contributed by atoms with E-state index in [4.69, 9.17) is 0 Å². The number of allylic oxidation sites excluding steroid dienone is 4. The van der Waals surface area contributed by atoms with E-state index in [0.717, 1.165) is 19.3 Å². The predicted molar refractivity (Wildman–Crippen MR) is 142 cm³/mol. The first-order valence-electron chi connectivity index (χ1n) is 13.4. The molecule has 196 valence electrons. The molecule has 0 heterocycles. The van der Waals surface area contributed by atoms with E-state index in [1.165, 1.54) is 77.0 Å². The van der Waals surface area contributed by atoms with E-state index in [1.807, 2.05) is 21.1 Å². The third-order valence-corrected chi connectivity index (χ3v) is 7.47. The Morgan fingerprint density at radius 2 is 1.03 bits per heavy atom. The van der Waals surface area contributed by atoms with Crippen molar-refractivity contribution >= 4 is 7.60 Å². The minimum Gasteiger partial charge on any atom is -0.373 e. The van der Waals surface area contributed by atoms with E-state index < -0.39 is 12.9 Å². The van der Waals surface area contributed by atoms with Gasteiger partial charge in [0.15, 0.2) is 0 Å². The van der Waals surface area contributed by atoms with Gasteiger partial charge in [-0.2, -0.15) is 0 Å². The summed E-state index contributed by atoms with van der Waals surface area (Å²) >= 11 is 0. The second kappa shape index (κ2) is 18.8. The van der Waals surface area contributed by atoms with Gasteiger partial charge in [-0.15, -0.1) is 0 Å². The smallest absolute Gasteiger partial charge is 0.362 e. The molecule has 0 saturated carbocycles. The van der Waals surface area contributed by atoms with Gasteiger partial charge in [0.25, 0.3) is 0 Å². The van der Waals surface area contributed by atoms with Gasteiger partial charge in [0.1, 0.15) is 6.54 Å². The molecule has 0 aliphatic carbocycles. The first-order chi connectivity index (χ1) is 15.5. The van der Waals surface area contributed by atoms with Crippen LogP contribution in [0.1, 0.15) is 116 Å². The Kier molecular flexibility index (Phi) is 18.6. The predicted octanol–water partition coefficient (Wildman–Crippen LogP) is 7.32. The van der Waals surface area contributed by atoms with Crippen molar-refractivity contribution in [3.63, 3.8) is 0 Å². The Bertz CT molecular complexity index is 565. The van der Waals surface area contributed by atoms with Crippen LogP contribution in [-0.4, -0.2) is 52.4 Å². The molecule has 0 bridgehead atoms. The number of unbranched alkanes of at least 4 members (excludes halogenated alkanes) is 13. The van der Waals surface area contributed by atoms with Crippen molar-refractivity contribution in [3.05, 3.63) is 24.3 Å². The normalized spacial score (nSPS) is 15.0. The van der Waals surface area contributed by atoms with Gasteiger partial charge in [0.2, 0.25) is 5.34 Å². The molecule has 0 aromatic heterocycles. The quantitative estimate of drug-likeness (QED) is 0.0645. The summed E-state index contributed by atoms with van der Waals surface area (Å²) < 4.78 is 12.1. The fourth-order valence-electron chi connectivity index (χ4n) is 4.13. The first-order valence-corrected chi connectivity index (χ1v) is 15.0. The summed E-state index contributed by atoms with van der Waals surface area (Å²) in [4.78, 5) is 19.2. The molecule has 0 radical (unpaired) electrons. The Labute approximate surface area is 205 Å². The topological polar surface area (TPSA) is 77.8 Å². The third-order valence-electron chi connectivity index (χ3n) is 6.02. The molecule has 3 N–H and O–H groups in total. The SMILES string of the molecule is CCCC/C=C\CCCCC/C=C\CCCCCCCCCC(O)(C[N+](C)(C)C)P(=O)(O)O. The zero-order valence-corrected chi connectivity index (χ0v) is 23.1. The maximum absolute atomic E-state index is 11.8. The average Bonchev–Trinajstić information content (AvgIpc) is 2.70. The molecule has 0 aromatic rings. The number of hydrogen-bond acceptors (Lipinski definition) is 2. The van der Waals surface area contributed by atoms with E-state index in [-0.39, 0.29) is 13.0 Å². The third kappa shape index (κ3) is 19.5. The van der Waals surface area contributed by atoms with Gasteiger partial charge in [-0.05, 0) is 57.8 Å². The Morgan fingerprint density at radius 3 is 1.42 bits per heavy atom. The summed E-state index contributed by atoms with van der Waals surface area (Å²) in [6.07, 6.45) is 28.3. The highest BCUT2D eigenvalue weighted by Gasteiger charge is 2.48. The van der Waals surface area contributed by atoms with E-state index in [1.54, 1.807) is 0 Å². The van der Waals surface area contributed by atoms with E-state index in [2.05, 4.69) is 31.2 Å². The molecular weight excluding hydrogens is 433 g/mol. The Morgan fingerprint density at radius 1 is 0.667 bits per heavy atom. The Balaban J connectivity index is 3.62. The lowest BCUT2D eigenvalue weighted by molar-refractivity contribution is -0.875. The van der Waals surface area contributed by atoms with Gasteiger partial charge < -0.3 is 19.4 Å². The van der Waals surface area contributed by atoms with Gasteiger partial charge in [0, 0.05) is 0 Å². The maximum atomic E-state index is 11.8. The van der Waals surface area contributed by atoms with Crippen LogP contribution >= 0.6 is 7.60 Å². The average molecular weight is 489 g/mol. The molecule has 0 saturated heterocycles. The lowest BCUT2D eigenvalue weighted by Crippen LogP contribution is -2.49. The summed E-state index contributed by atoms with van der Waals surface area (Å²) in [6.45, 7) is 2.29. The Hall–Kier alpha value is -0.450. The van der Waals surface area contributed by atoms with Crippen molar-refractivity contribution in [1.29, 1.82) is 0 Å². The van der Waals surface area contributed by atoms with Crippen LogP contribution in [0.15, 0.2) is 24.3 Å². The molecule has 1 unspecified atom stereocenters. The number of aliphatic hydroxyl groups is 1. The molecule has 0 fully saturated rings. The van der Waals surface area contributed by atoms with Crippen LogP contribution in [0, 0.1) is 0 Å². The summed E-state index contributed by atoms with van der Waals surface area (Å²) in [5.41, 5.74) is 0. The molecule has 0 aromatic carbocycles. The minimum absolute atomic E-state index is 0.0568. The number of nitrogens with zero attached hydrogens (tertiary/aromatic N) is 1. The maximum Gasteiger partial charge on any atom is 0.362 e. The lowest BCUT2D eigenvalue weighted by Gasteiger charge is -2.35. The van der Waals surface area contributed by atoms with Crippen molar-refractivity contribution in [2.24, 2.45) is 0 Å². The van der Waals surface area contributed by atoms with Crippen molar-refractivity contribution in [2.45, 2.75) is 121 Å². The van der Waals surface area contributed by atoms with E-state index in [0.29, 0.717) is 10.9 Å². The first kappa shape index (κ1) is 32.5. The van der Waals surface area contributed by atoms with Gasteiger partial charge in [-0.1, -0.05) is 82.6 Å². The second-order valence-electron chi connectivity index (χ2n) is 10.7. The second-order valence-corrected chi connectivity index (χ2v) is 12.6. The monoisotopic (exact) mass is 488 g/mol. The van der Waals surface area contributed by atoms with Gasteiger partial charge in [-0.25, -0.2) is 0 Å². The summed E-state index contributed by atoms with van der Waals surface area (Å²) in [5.74, 6) is 0. The largest absolute Gasteiger partial charge is 0.373 e. The molecule has 6 heteroatoms. The zero-order valence-electron chi connectivity index (χ0n) is 22.2. The van der Waals surface area contributed by atoms with Crippen LogP contribution in [0.25, 0.3) is 0 Å². The minimum atomic E-state index is -4.55. The van der Waals surface area contributed by atoms with E-state index in [9.17, 15) is 19.5 Å². The molecule has 1 atom stereocenters. The standard InChI is InChI=1S/C27H54NO4P/c1-5-6-7-8-9-10-11-12-13-14-15-16-17-18-19-20-21-22-23-24-25-27(29,33(30,31)32)26-28(2,3)4/h8-9,15-16,29H,5-7,10-14,17-26H2,1-4H3,(H-,30,31,32)/p+1/b9-8-,16-15-. The van der Waals surface area contributed by atoms with Gasteiger partial charge in [-0.3, -0.25) is 4.57 Å². The van der Waals surface area contributed by atoms with Gasteiger partial charge >= 0.3 is 7.60 Å². The number of quaternary nitrogens is 1. The van der Waals surface area contributed by atoms with Crippen molar-refractivity contribution in [3.8, 4) is 0 Å². The van der Waals surface area contributed by atoms with Crippen LogP contribution in [0.3, 0.4) is 0 Å². The fourth-order valence-corrected chi connectivity index (χ4v) is 5.18. The number of rotatable bonds is 22. The van der Waals surface area contributed by atoms with Crippen LogP contribution in [0.5, 0.6) is 0 Å². The molecule has 0 aliphatic rings. The van der Waals surface area contributed by atoms with Crippen LogP contribution in [-0.2, 0) is 4.57 Å². The summed E-state index contributed by atoms with van der Waals surface area (Å²) in [7, 11) is 0.966. The molecule has 0 amide bonds. The highest BCUT2D eigenvalue weighted by Crippen LogP contribution is 2.52. The van der Waals surface area contributed by atoms with Crippen LogP contribution in [0.4, 0.5) is 0 Å². The fraction of sp³-hybridized carbons (Fsp3) is 0.852. The highest BCUT2D eigenvalue weighted by molar-refractivity contribution is 7.53. The summed E-state index contributed by atoms with van der Waals surface area (Å²) in [5, 5.41) is 8.63. The number of likely N-dealkylation sites (N-methyl/N-ethyl adjacent to an activating group) is 1. The zero-order chi connectivity index (χ0) is 25.1. The van der Waals surface area contributed by atoms with Crippen LogP contribution in [0.2, 0.25) is 0 Å². The molecule has 0 spiro atoms. The molecule has 33 heavy (non-hydrogen) atoms. The van der Waals surface area contributed by atoms with Crippen LogP contribution < -0.4 is 0 Å². The highest BCUT2D eigenvalue weighted by atomic mass is 31.2. The molecule has 0 rings (SSSR count). The molecule has 0 aliphatic heterocycles. The van der Waals surface area contributed by atoms with Gasteiger partial charge in [0.05, 0.1) is 21.1 Å². The van der Waals surface area contributed by atoms with E-state index >= 15 is 0 Å². The molecular formula is C27H55NO4P+.